The van der Waals surface area contributed by atoms with Crippen LogP contribution in [-0.4, -0.2) is 24.3 Å². The molecule has 1 aromatic carbocycles. The van der Waals surface area contributed by atoms with Crippen molar-refractivity contribution < 1.29 is 14.6 Å². The summed E-state index contributed by atoms with van der Waals surface area (Å²) in [6, 6.07) is 8.99. The fourth-order valence-electron chi connectivity index (χ4n) is 1.96. The van der Waals surface area contributed by atoms with Crippen molar-refractivity contribution in [3.8, 4) is 11.5 Å². The van der Waals surface area contributed by atoms with Gasteiger partial charge in [-0.2, -0.15) is 0 Å². The summed E-state index contributed by atoms with van der Waals surface area (Å²) in [7, 11) is 3.15. The van der Waals surface area contributed by atoms with E-state index in [9.17, 15) is 5.11 Å². The number of nitrogens with zero attached hydrogens (tertiary/aromatic N) is 1. The molecule has 0 saturated heterocycles. The third-order valence-corrected chi connectivity index (χ3v) is 3.17. The van der Waals surface area contributed by atoms with Crippen LogP contribution in [0.4, 0.5) is 0 Å². The van der Waals surface area contributed by atoms with E-state index in [2.05, 4.69) is 4.98 Å². The fourth-order valence-corrected chi connectivity index (χ4v) is 1.96. The molecule has 0 bridgehead atoms. The molecule has 0 fully saturated rings. The zero-order valence-corrected chi connectivity index (χ0v) is 11.3. The molecular formula is C15H17NO3. The molecule has 0 aliphatic heterocycles. The molecule has 0 saturated carbocycles. The van der Waals surface area contributed by atoms with E-state index < -0.39 is 5.60 Å². The summed E-state index contributed by atoms with van der Waals surface area (Å²) < 4.78 is 10.4. The van der Waals surface area contributed by atoms with Crippen molar-refractivity contribution >= 4 is 0 Å². The van der Waals surface area contributed by atoms with E-state index in [1.165, 1.54) is 0 Å². The van der Waals surface area contributed by atoms with E-state index in [1.807, 2.05) is 12.1 Å². The van der Waals surface area contributed by atoms with Gasteiger partial charge in [0.15, 0.2) is 11.5 Å². The van der Waals surface area contributed by atoms with Crippen molar-refractivity contribution in [1.29, 1.82) is 0 Å². The number of hydrogen-bond acceptors (Lipinski definition) is 4. The Hall–Kier alpha value is -2.07. The molecule has 0 radical (unpaired) electrons. The third-order valence-electron chi connectivity index (χ3n) is 3.17. The number of pyridine rings is 1. The molecule has 1 unspecified atom stereocenters. The second kappa shape index (κ2) is 5.28. The summed E-state index contributed by atoms with van der Waals surface area (Å²) in [5.41, 5.74) is 0.314. The number of ether oxygens (including phenoxy) is 2. The Bertz CT molecular complexity index is 553. The van der Waals surface area contributed by atoms with Gasteiger partial charge in [-0.15, -0.1) is 0 Å². The summed E-state index contributed by atoms with van der Waals surface area (Å²) in [5.74, 6) is 1.22. The molecule has 0 aliphatic rings. The van der Waals surface area contributed by atoms with Crippen molar-refractivity contribution in [2.75, 3.05) is 14.2 Å². The van der Waals surface area contributed by atoms with Crippen LogP contribution in [0.15, 0.2) is 42.7 Å². The van der Waals surface area contributed by atoms with Crippen LogP contribution in [-0.2, 0) is 5.60 Å². The maximum Gasteiger partial charge on any atom is 0.161 e. The normalized spacial score (nSPS) is 13.7. The minimum absolute atomic E-state index is 0.587. The van der Waals surface area contributed by atoms with E-state index in [0.29, 0.717) is 11.5 Å². The Labute approximate surface area is 112 Å². The van der Waals surface area contributed by atoms with Crippen molar-refractivity contribution in [1.82, 2.24) is 4.98 Å². The Morgan fingerprint density at radius 3 is 2.37 bits per heavy atom. The molecule has 1 aromatic heterocycles. The van der Waals surface area contributed by atoms with Gasteiger partial charge in [0, 0.05) is 18.0 Å². The number of benzene rings is 1. The Balaban J connectivity index is 2.46. The first kappa shape index (κ1) is 13.4. The molecule has 1 heterocycles. The second-order valence-corrected chi connectivity index (χ2v) is 4.38. The highest BCUT2D eigenvalue weighted by atomic mass is 16.5. The van der Waals surface area contributed by atoms with Crippen LogP contribution < -0.4 is 9.47 Å². The van der Waals surface area contributed by atoms with Crippen molar-refractivity contribution in [3.63, 3.8) is 0 Å². The maximum atomic E-state index is 10.7. The summed E-state index contributed by atoms with van der Waals surface area (Å²) >= 11 is 0. The van der Waals surface area contributed by atoms with Crippen LogP contribution in [0.2, 0.25) is 0 Å². The van der Waals surface area contributed by atoms with Crippen LogP contribution in [0.3, 0.4) is 0 Å². The average Bonchev–Trinajstić information content (AvgIpc) is 2.47. The van der Waals surface area contributed by atoms with Crippen molar-refractivity contribution in [2.24, 2.45) is 0 Å². The van der Waals surface area contributed by atoms with Gasteiger partial charge < -0.3 is 14.6 Å². The SMILES string of the molecule is COc1ccc(C(C)(O)c2cccnc2)cc1OC. The third kappa shape index (κ3) is 2.53. The molecule has 0 amide bonds. The van der Waals surface area contributed by atoms with E-state index >= 15 is 0 Å². The monoisotopic (exact) mass is 259 g/mol. The molecule has 19 heavy (non-hydrogen) atoms. The van der Waals surface area contributed by atoms with Gasteiger partial charge in [0.05, 0.1) is 14.2 Å². The number of methoxy groups -OCH3 is 2. The average molecular weight is 259 g/mol. The van der Waals surface area contributed by atoms with Gasteiger partial charge in [-0.3, -0.25) is 4.98 Å². The van der Waals surface area contributed by atoms with Gasteiger partial charge in [0.2, 0.25) is 0 Å². The Kier molecular flexibility index (Phi) is 3.71. The van der Waals surface area contributed by atoms with E-state index in [1.54, 1.807) is 51.7 Å². The number of aliphatic hydroxyl groups is 1. The summed E-state index contributed by atoms with van der Waals surface area (Å²) in [4.78, 5) is 4.04. The van der Waals surface area contributed by atoms with E-state index in [0.717, 1.165) is 11.1 Å². The molecule has 4 nitrogen and oxygen atoms in total. The quantitative estimate of drug-likeness (QED) is 0.915. The first-order valence-corrected chi connectivity index (χ1v) is 5.95. The molecule has 100 valence electrons. The molecule has 2 aromatic rings. The highest BCUT2D eigenvalue weighted by Crippen LogP contribution is 2.35. The first-order chi connectivity index (χ1) is 9.09. The summed E-state index contributed by atoms with van der Waals surface area (Å²) in [6.07, 6.45) is 3.32. The molecule has 1 N–H and O–H groups in total. The number of aromatic nitrogens is 1. The van der Waals surface area contributed by atoms with Crippen LogP contribution >= 0.6 is 0 Å². The first-order valence-electron chi connectivity index (χ1n) is 5.95. The molecule has 0 aliphatic carbocycles. The van der Waals surface area contributed by atoms with Crippen LogP contribution in [0.5, 0.6) is 11.5 Å². The molecule has 1 atom stereocenters. The zero-order valence-electron chi connectivity index (χ0n) is 11.3. The smallest absolute Gasteiger partial charge is 0.161 e. The number of rotatable bonds is 4. The predicted octanol–water partition coefficient (Wildman–Crippen LogP) is 2.35. The van der Waals surface area contributed by atoms with Gasteiger partial charge in [-0.1, -0.05) is 12.1 Å². The minimum atomic E-state index is -1.13. The highest BCUT2D eigenvalue weighted by Gasteiger charge is 2.26. The van der Waals surface area contributed by atoms with Crippen LogP contribution in [0.1, 0.15) is 18.1 Å². The summed E-state index contributed by atoms with van der Waals surface area (Å²) in [5, 5.41) is 10.7. The molecular weight excluding hydrogens is 242 g/mol. The minimum Gasteiger partial charge on any atom is -0.493 e. The lowest BCUT2D eigenvalue weighted by molar-refractivity contribution is 0.101. The largest absolute Gasteiger partial charge is 0.493 e. The van der Waals surface area contributed by atoms with E-state index in [4.69, 9.17) is 9.47 Å². The second-order valence-electron chi connectivity index (χ2n) is 4.38. The van der Waals surface area contributed by atoms with Crippen molar-refractivity contribution in [3.05, 3.63) is 53.9 Å². The van der Waals surface area contributed by atoms with E-state index in [-0.39, 0.29) is 0 Å². The van der Waals surface area contributed by atoms with Crippen molar-refractivity contribution in [2.45, 2.75) is 12.5 Å². The van der Waals surface area contributed by atoms with Crippen LogP contribution in [0.25, 0.3) is 0 Å². The van der Waals surface area contributed by atoms with Crippen LogP contribution in [0, 0.1) is 0 Å². The lowest BCUT2D eigenvalue weighted by Crippen LogP contribution is -2.22. The fraction of sp³-hybridized carbons (Fsp3) is 0.267. The maximum absolute atomic E-state index is 10.7. The molecule has 4 heteroatoms. The number of hydrogen-bond donors (Lipinski definition) is 1. The predicted molar refractivity (Wildman–Crippen MR) is 72.5 cm³/mol. The highest BCUT2D eigenvalue weighted by molar-refractivity contribution is 5.46. The van der Waals surface area contributed by atoms with Gasteiger partial charge >= 0.3 is 0 Å². The van der Waals surface area contributed by atoms with Gasteiger partial charge in [0.1, 0.15) is 5.60 Å². The Morgan fingerprint density at radius 1 is 1.05 bits per heavy atom. The molecule has 2 rings (SSSR count). The zero-order chi connectivity index (χ0) is 13.9. The van der Waals surface area contributed by atoms with Gasteiger partial charge in [-0.05, 0) is 30.7 Å². The lowest BCUT2D eigenvalue weighted by Gasteiger charge is -2.25. The topological polar surface area (TPSA) is 51.6 Å². The lowest BCUT2D eigenvalue weighted by atomic mass is 9.89. The standard InChI is InChI=1S/C15H17NO3/c1-15(17,12-5-4-8-16-10-12)11-6-7-13(18-2)14(9-11)19-3/h4-10,17H,1-3H3. The van der Waals surface area contributed by atoms with Gasteiger partial charge in [-0.25, -0.2) is 0 Å². The molecule has 0 spiro atoms. The summed E-state index contributed by atoms with van der Waals surface area (Å²) in [6.45, 7) is 1.73. The van der Waals surface area contributed by atoms with Gasteiger partial charge in [0.25, 0.3) is 0 Å². The Morgan fingerprint density at radius 2 is 1.79 bits per heavy atom.